The fourth-order valence-corrected chi connectivity index (χ4v) is 3.23. The van der Waals surface area contributed by atoms with Gasteiger partial charge >= 0.3 is 0 Å². The zero-order chi connectivity index (χ0) is 14.8. The normalized spacial score (nSPS) is 11.0. The summed E-state index contributed by atoms with van der Waals surface area (Å²) in [6.45, 7) is 2.89. The smallest absolute Gasteiger partial charge is 0.0907 e. The van der Waals surface area contributed by atoms with Crippen LogP contribution < -0.4 is 10.6 Å². The van der Waals surface area contributed by atoms with Crippen LogP contribution in [-0.2, 0) is 6.42 Å². The predicted molar refractivity (Wildman–Crippen MR) is 90.0 cm³/mol. The maximum absolute atomic E-state index is 6.19. The van der Waals surface area contributed by atoms with Gasteiger partial charge in [-0.1, -0.05) is 6.07 Å². The summed E-state index contributed by atoms with van der Waals surface area (Å²) in [6, 6.07) is 10.1. The third-order valence-corrected chi connectivity index (χ3v) is 4.42. The van der Waals surface area contributed by atoms with Crippen molar-refractivity contribution >= 4 is 32.9 Å². The van der Waals surface area contributed by atoms with Gasteiger partial charge in [0.15, 0.2) is 0 Å². The molecule has 0 amide bonds. The molecule has 0 unspecified atom stereocenters. The molecule has 0 aliphatic carbocycles. The van der Waals surface area contributed by atoms with Gasteiger partial charge in [0.05, 0.1) is 26.6 Å². The molecule has 108 valence electrons. The summed E-state index contributed by atoms with van der Waals surface area (Å²) in [5.74, 6) is 0. The van der Waals surface area contributed by atoms with E-state index < -0.39 is 0 Å². The van der Waals surface area contributed by atoms with Gasteiger partial charge in [0.2, 0.25) is 0 Å². The number of nitrogens with zero attached hydrogens (tertiary/aromatic N) is 3. The van der Waals surface area contributed by atoms with E-state index in [-0.39, 0.29) is 0 Å². The van der Waals surface area contributed by atoms with Crippen LogP contribution in [0.25, 0.3) is 10.2 Å². The van der Waals surface area contributed by atoms with Gasteiger partial charge in [-0.3, -0.25) is 4.98 Å². The van der Waals surface area contributed by atoms with Gasteiger partial charge in [-0.15, -0.1) is 11.3 Å². The molecule has 2 aromatic heterocycles. The molecule has 0 aliphatic heterocycles. The van der Waals surface area contributed by atoms with E-state index in [0.29, 0.717) is 0 Å². The molecule has 5 heteroatoms. The number of hydrogen-bond donors (Lipinski definition) is 1. The molecule has 2 heterocycles. The summed E-state index contributed by atoms with van der Waals surface area (Å²) in [4.78, 5) is 11.1. The molecule has 2 N–H and O–H groups in total. The lowest BCUT2D eigenvalue weighted by Gasteiger charge is -2.21. The zero-order valence-electron chi connectivity index (χ0n) is 12.2. The second-order valence-electron chi connectivity index (χ2n) is 5.10. The number of nitrogens with two attached hydrogens (primary N) is 1. The van der Waals surface area contributed by atoms with Crippen molar-refractivity contribution in [2.45, 2.75) is 13.3 Å². The van der Waals surface area contributed by atoms with E-state index >= 15 is 0 Å². The molecule has 4 nitrogen and oxygen atoms in total. The molecule has 0 radical (unpaired) electrons. The van der Waals surface area contributed by atoms with Gasteiger partial charge in [0.1, 0.15) is 0 Å². The van der Waals surface area contributed by atoms with Crippen LogP contribution in [0.15, 0.2) is 36.5 Å². The number of hydrogen-bond acceptors (Lipinski definition) is 5. The fourth-order valence-electron chi connectivity index (χ4n) is 2.37. The van der Waals surface area contributed by atoms with Crippen LogP contribution in [0.1, 0.15) is 10.7 Å². The molecule has 0 bridgehead atoms. The van der Waals surface area contributed by atoms with Gasteiger partial charge in [-0.05, 0) is 31.2 Å². The zero-order valence-corrected chi connectivity index (χ0v) is 13.0. The SMILES string of the molecule is Cc1nc2cc(N(C)CCc3ccccn3)c(N)cc2s1. The molecule has 3 aromatic rings. The first kappa shape index (κ1) is 13.8. The number of fused-ring (bicyclic) bond motifs is 1. The minimum atomic E-state index is 0.801. The summed E-state index contributed by atoms with van der Waals surface area (Å²) in [7, 11) is 2.06. The lowest BCUT2D eigenvalue weighted by atomic mass is 10.2. The lowest BCUT2D eigenvalue weighted by Crippen LogP contribution is -2.21. The second-order valence-corrected chi connectivity index (χ2v) is 6.34. The second kappa shape index (κ2) is 5.69. The molecule has 3 rings (SSSR count). The van der Waals surface area contributed by atoms with Gasteiger partial charge in [-0.2, -0.15) is 0 Å². The fraction of sp³-hybridized carbons (Fsp3) is 0.250. The molecule has 0 atom stereocenters. The first-order valence-electron chi connectivity index (χ1n) is 6.91. The molecule has 0 saturated heterocycles. The molecule has 0 fully saturated rings. The molecule has 1 aromatic carbocycles. The van der Waals surface area contributed by atoms with E-state index in [4.69, 9.17) is 5.73 Å². The summed E-state index contributed by atoms with van der Waals surface area (Å²) in [5.41, 5.74) is 10.1. The van der Waals surface area contributed by atoms with E-state index in [2.05, 4.69) is 28.0 Å². The quantitative estimate of drug-likeness (QED) is 0.751. The highest BCUT2D eigenvalue weighted by Gasteiger charge is 2.10. The Morgan fingerprint density at radius 1 is 1.29 bits per heavy atom. The summed E-state index contributed by atoms with van der Waals surface area (Å²) < 4.78 is 1.15. The molecule has 0 aliphatic rings. The van der Waals surface area contributed by atoms with E-state index in [1.165, 1.54) is 0 Å². The Morgan fingerprint density at radius 2 is 2.14 bits per heavy atom. The predicted octanol–water partition coefficient (Wildman–Crippen LogP) is 3.26. The first-order chi connectivity index (χ1) is 10.1. The molecule has 0 spiro atoms. The molecular weight excluding hydrogens is 280 g/mol. The van der Waals surface area contributed by atoms with Crippen LogP contribution >= 0.6 is 11.3 Å². The van der Waals surface area contributed by atoms with Crippen LogP contribution in [0.2, 0.25) is 0 Å². The van der Waals surface area contributed by atoms with E-state index in [0.717, 1.165) is 45.3 Å². The van der Waals surface area contributed by atoms with Crippen molar-refractivity contribution in [3.05, 3.63) is 47.2 Å². The van der Waals surface area contributed by atoms with Gasteiger partial charge in [0.25, 0.3) is 0 Å². The topological polar surface area (TPSA) is 55.0 Å². The number of pyridine rings is 1. The Kier molecular flexibility index (Phi) is 3.75. The standard InChI is InChI=1S/C16H18N4S/c1-11-19-14-10-15(13(17)9-16(14)21-11)20(2)8-6-12-5-3-4-7-18-12/h3-5,7,9-10H,6,8,17H2,1-2H3. The van der Waals surface area contributed by atoms with Gasteiger partial charge in [0, 0.05) is 31.9 Å². The lowest BCUT2D eigenvalue weighted by molar-refractivity contribution is 0.854. The van der Waals surface area contributed by atoms with Crippen molar-refractivity contribution in [3.63, 3.8) is 0 Å². The monoisotopic (exact) mass is 298 g/mol. The summed E-state index contributed by atoms with van der Waals surface area (Å²) in [5, 5.41) is 1.07. The van der Waals surface area contributed by atoms with Crippen LogP contribution in [-0.4, -0.2) is 23.6 Å². The maximum atomic E-state index is 6.19. The first-order valence-corrected chi connectivity index (χ1v) is 7.73. The third kappa shape index (κ3) is 2.97. The van der Waals surface area contributed by atoms with Crippen molar-refractivity contribution in [1.82, 2.24) is 9.97 Å². The number of anilines is 2. The van der Waals surface area contributed by atoms with Crippen LogP contribution in [0.3, 0.4) is 0 Å². The largest absolute Gasteiger partial charge is 0.397 e. The van der Waals surface area contributed by atoms with Crippen molar-refractivity contribution in [2.24, 2.45) is 0 Å². The molecule has 21 heavy (non-hydrogen) atoms. The van der Waals surface area contributed by atoms with E-state index in [1.54, 1.807) is 11.3 Å². The van der Waals surface area contributed by atoms with Gasteiger partial charge in [-0.25, -0.2) is 4.98 Å². The number of aryl methyl sites for hydroxylation is 1. The van der Waals surface area contributed by atoms with Crippen LogP contribution in [0, 0.1) is 6.92 Å². The highest BCUT2D eigenvalue weighted by atomic mass is 32.1. The van der Waals surface area contributed by atoms with Gasteiger partial charge < -0.3 is 10.6 Å². The number of rotatable bonds is 4. The number of nitrogen functional groups attached to an aromatic ring is 1. The van der Waals surface area contributed by atoms with Crippen molar-refractivity contribution in [2.75, 3.05) is 24.2 Å². The number of aromatic nitrogens is 2. The average molecular weight is 298 g/mol. The Morgan fingerprint density at radius 3 is 2.90 bits per heavy atom. The maximum Gasteiger partial charge on any atom is 0.0907 e. The van der Waals surface area contributed by atoms with Crippen molar-refractivity contribution in [3.8, 4) is 0 Å². The molecule has 0 saturated carbocycles. The highest BCUT2D eigenvalue weighted by Crippen LogP contribution is 2.31. The minimum Gasteiger partial charge on any atom is -0.397 e. The van der Waals surface area contributed by atoms with Crippen LogP contribution in [0.4, 0.5) is 11.4 Å². The Labute approximate surface area is 128 Å². The van der Waals surface area contributed by atoms with E-state index in [1.807, 2.05) is 37.4 Å². The van der Waals surface area contributed by atoms with Crippen LogP contribution in [0.5, 0.6) is 0 Å². The average Bonchev–Trinajstić information content (AvgIpc) is 2.84. The summed E-state index contributed by atoms with van der Waals surface area (Å²) in [6.07, 6.45) is 2.72. The third-order valence-electron chi connectivity index (χ3n) is 3.48. The van der Waals surface area contributed by atoms with Crippen molar-refractivity contribution in [1.29, 1.82) is 0 Å². The Bertz CT molecular complexity index is 752. The number of benzene rings is 1. The Balaban J connectivity index is 1.80. The molecular formula is C16H18N4S. The highest BCUT2D eigenvalue weighted by molar-refractivity contribution is 7.18. The van der Waals surface area contributed by atoms with Crippen molar-refractivity contribution < 1.29 is 0 Å². The number of likely N-dealkylation sites (N-methyl/N-ethyl adjacent to an activating group) is 1. The number of thiazole rings is 1. The Hall–Kier alpha value is -2.14. The minimum absolute atomic E-state index is 0.801. The van der Waals surface area contributed by atoms with E-state index in [9.17, 15) is 0 Å². The summed E-state index contributed by atoms with van der Waals surface area (Å²) >= 11 is 1.68.